The van der Waals surface area contributed by atoms with Crippen LogP contribution in [0.1, 0.15) is 17.3 Å². The van der Waals surface area contributed by atoms with Crippen molar-refractivity contribution >= 4 is 18.4 Å². The van der Waals surface area contributed by atoms with Crippen molar-refractivity contribution in [3.05, 3.63) is 42.2 Å². The Morgan fingerprint density at radius 3 is 2.36 bits per heavy atom. The molecule has 0 fully saturated rings. The number of allylic oxidation sites excluding steroid dienone is 1. The minimum atomic E-state index is -0.933. The summed E-state index contributed by atoms with van der Waals surface area (Å²) in [7, 11) is 0. The van der Waals surface area contributed by atoms with E-state index >= 15 is 0 Å². The molecule has 1 rings (SSSR count). The number of benzene rings is 1. The smallest absolute Gasteiger partial charge is 0.335 e. The lowest BCUT2D eigenvalue weighted by Gasteiger charge is -1.99. The third-order valence-electron chi connectivity index (χ3n) is 1.44. The van der Waals surface area contributed by atoms with Gasteiger partial charge in [0, 0.05) is 0 Å². The Balaban J connectivity index is 0.00000169. The van der Waals surface area contributed by atoms with Crippen LogP contribution in [0.2, 0.25) is 0 Å². The maximum atomic E-state index is 10.5. The maximum absolute atomic E-state index is 10.5. The zero-order valence-electron chi connectivity index (χ0n) is 7.64. The highest BCUT2D eigenvalue weighted by molar-refractivity contribution is 5.87. The van der Waals surface area contributed by atoms with Crippen molar-refractivity contribution < 1.29 is 14.6 Å². The number of carboxylic acids is 1. The summed E-state index contributed by atoms with van der Waals surface area (Å²) < 4.78 is 5.12. The van der Waals surface area contributed by atoms with Gasteiger partial charge in [-0.3, -0.25) is 0 Å². The summed E-state index contributed by atoms with van der Waals surface area (Å²) in [6, 6.07) is 6.23. The molecule has 0 bridgehead atoms. The molecule has 0 saturated heterocycles. The van der Waals surface area contributed by atoms with E-state index in [9.17, 15) is 4.79 Å². The van der Waals surface area contributed by atoms with Gasteiger partial charge in [-0.05, 0) is 31.2 Å². The van der Waals surface area contributed by atoms with Gasteiger partial charge in [0.1, 0.15) is 5.75 Å². The number of carboxylic acid groups (broad SMARTS) is 1. The van der Waals surface area contributed by atoms with Crippen molar-refractivity contribution in [2.45, 2.75) is 6.92 Å². The third kappa shape index (κ3) is 3.49. The molecule has 3 nitrogen and oxygen atoms in total. The molecule has 0 spiro atoms. The lowest BCUT2D eigenvalue weighted by atomic mass is 10.2. The second kappa shape index (κ2) is 6.05. The fourth-order valence-corrected chi connectivity index (χ4v) is 0.823. The Labute approximate surface area is 88.4 Å². The van der Waals surface area contributed by atoms with Gasteiger partial charge in [-0.1, -0.05) is 6.08 Å². The van der Waals surface area contributed by atoms with E-state index in [4.69, 9.17) is 9.84 Å². The average molecular weight is 215 g/mol. The zero-order chi connectivity index (χ0) is 9.68. The van der Waals surface area contributed by atoms with Gasteiger partial charge in [0.05, 0.1) is 11.8 Å². The molecule has 0 atom stereocenters. The van der Waals surface area contributed by atoms with E-state index in [2.05, 4.69) is 0 Å². The van der Waals surface area contributed by atoms with Crippen LogP contribution in [0.15, 0.2) is 36.6 Å². The fraction of sp³-hybridized carbons (Fsp3) is 0.100. The van der Waals surface area contributed by atoms with Crippen LogP contribution < -0.4 is 4.74 Å². The predicted octanol–water partition coefficient (Wildman–Crippen LogP) is 2.72. The molecule has 0 aromatic heterocycles. The molecule has 0 amide bonds. The molecule has 1 aromatic rings. The summed E-state index contributed by atoms with van der Waals surface area (Å²) in [4.78, 5) is 10.5. The van der Waals surface area contributed by atoms with Gasteiger partial charge in [-0.25, -0.2) is 4.79 Å². The molecule has 0 heterocycles. The predicted molar refractivity (Wildman–Crippen MR) is 56.1 cm³/mol. The molecule has 0 aliphatic rings. The number of ether oxygens (including phenoxy) is 1. The topological polar surface area (TPSA) is 46.5 Å². The van der Waals surface area contributed by atoms with E-state index in [1.54, 1.807) is 18.2 Å². The lowest BCUT2D eigenvalue weighted by Crippen LogP contribution is -1.94. The Morgan fingerprint density at radius 1 is 1.36 bits per heavy atom. The molecule has 0 saturated carbocycles. The SMILES string of the molecule is CC=COc1ccc(C(=O)O)cc1.Cl. The number of hydrogen-bond acceptors (Lipinski definition) is 2. The minimum Gasteiger partial charge on any atom is -0.478 e. The summed E-state index contributed by atoms with van der Waals surface area (Å²) in [5, 5.41) is 8.60. The molecule has 1 aromatic carbocycles. The number of aromatic carboxylic acids is 1. The van der Waals surface area contributed by atoms with Gasteiger partial charge in [0.15, 0.2) is 0 Å². The first kappa shape index (κ1) is 12.5. The lowest BCUT2D eigenvalue weighted by molar-refractivity contribution is 0.0697. The molecule has 0 aliphatic carbocycles. The van der Waals surface area contributed by atoms with E-state index in [1.807, 2.05) is 6.92 Å². The minimum absolute atomic E-state index is 0. The Hall–Kier alpha value is -1.48. The molecular formula is C10H11ClO3. The standard InChI is InChI=1S/C10H10O3.ClH/c1-2-7-13-9-5-3-8(4-6-9)10(11)12;/h2-7H,1H3,(H,11,12);1H. The third-order valence-corrected chi connectivity index (χ3v) is 1.44. The van der Waals surface area contributed by atoms with E-state index < -0.39 is 5.97 Å². The zero-order valence-corrected chi connectivity index (χ0v) is 8.45. The normalized spacial score (nSPS) is 9.50. The molecule has 0 radical (unpaired) electrons. The van der Waals surface area contributed by atoms with E-state index in [-0.39, 0.29) is 18.0 Å². The van der Waals surface area contributed by atoms with Crippen molar-refractivity contribution in [2.75, 3.05) is 0 Å². The molecular weight excluding hydrogens is 204 g/mol. The van der Waals surface area contributed by atoms with Crippen molar-refractivity contribution in [1.29, 1.82) is 0 Å². The number of carbonyl (C=O) groups is 1. The Morgan fingerprint density at radius 2 is 1.93 bits per heavy atom. The van der Waals surface area contributed by atoms with Gasteiger partial charge in [0.2, 0.25) is 0 Å². The van der Waals surface area contributed by atoms with Crippen LogP contribution in [0.25, 0.3) is 0 Å². The van der Waals surface area contributed by atoms with Gasteiger partial charge >= 0.3 is 5.97 Å². The number of rotatable bonds is 3. The first-order valence-corrected chi connectivity index (χ1v) is 3.85. The van der Waals surface area contributed by atoms with Gasteiger partial charge in [-0.2, -0.15) is 0 Å². The summed E-state index contributed by atoms with van der Waals surface area (Å²) in [6.45, 7) is 1.84. The molecule has 76 valence electrons. The van der Waals surface area contributed by atoms with Gasteiger partial charge in [-0.15, -0.1) is 12.4 Å². The summed E-state index contributed by atoms with van der Waals surface area (Å²) >= 11 is 0. The highest BCUT2D eigenvalue weighted by Gasteiger charge is 2.00. The van der Waals surface area contributed by atoms with E-state index in [1.165, 1.54) is 18.4 Å². The van der Waals surface area contributed by atoms with Crippen LogP contribution in [0.3, 0.4) is 0 Å². The highest BCUT2D eigenvalue weighted by Crippen LogP contribution is 2.12. The van der Waals surface area contributed by atoms with Crippen LogP contribution in [0.4, 0.5) is 0 Å². The largest absolute Gasteiger partial charge is 0.478 e. The number of halogens is 1. The maximum Gasteiger partial charge on any atom is 0.335 e. The summed E-state index contributed by atoms with van der Waals surface area (Å²) in [6.07, 6.45) is 3.29. The quantitative estimate of drug-likeness (QED) is 0.787. The average Bonchev–Trinajstić information content (AvgIpc) is 2.15. The second-order valence-electron chi connectivity index (χ2n) is 2.42. The Kier molecular flexibility index (Phi) is 5.41. The molecule has 1 N–H and O–H groups in total. The van der Waals surface area contributed by atoms with Crippen molar-refractivity contribution in [3.63, 3.8) is 0 Å². The van der Waals surface area contributed by atoms with Gasteiger partial charge < -0.3 is 9.84 Å². The molecule has 0 unspecified atom stereocenters. The van der Waals surface area contributed by atoms with Crippen LogP contribution in [-0.4, -0.2) is 11.1 Å². The van der Waals surface area contributed by atoms with E-state index in [0.717, 1.165) is 0 Å². The van der Waals surface area contributed by atoms with Crippen LogP contribution in [0.5, 0.6) is 5.75 Å². The van der Waals surface area contributed by atoms with Crippen molar-refractivity contribution in [2.24, 2.45) is 0 Å². The van der Waals surface area contributed by atoms with Crippen molar-refractivity contribution in [1.82, 2.24) is 0 Å². The van der Waals surface area contributed by atoms with Crippen molar-refractivity contribution in [3.8, 4) is 5.75 Å². The van der Waals surface area contributed by atoms with Crippen LogP contribution in [-0.2, 0) is 0 Å². The first-order valence-electron chi connectivity index (χ1n) is 3.85. The summed E-state index contributed by atoms with van der Waals surface area (Å²) in [5.41, 5.74) is 0.257. The summed E-state index contributed by atoms with van der Waals surface area (Å²) in [5.74, 6) is -0.305. The van der Waals surface area contributed by atoms with Gasteiger partial charge in [0.25, 0.3) is 0 Å². The monoisotopic (exact) mass is 214 g/mol. The molecule has 0 aliphatic heterocycles. The molecule has 4 heteroatoms. The first-order chi connectivity index (χ1) is 6.24. The fourth-order valence-electron chi connectivity index (χ4n) is 0.823. The molecule has 14 heavy (non-hydrogen) atoms. The Bertz CT molecular complexity index is 317. The number of hydrogen-bond donors (Lipinski definition) is 1. The van der Waals surface area contributed by atoms with Crippen LogP contribution in [0, 0.1) is 0 Å². The second-order valence-corrected chi connectivity index (χ2v) is 2.42. The van der Waals surface area contributed by atoms with Crippen LogP contribution >= 0.6 is 12.4 Å². The van der Waals surface area contributed by atoms with E-state index in [0.29, 0.717) is 5.75 Å². The highest BCUT2D eigenvalue weighted by atomic mass is 35.5.